The van der Waals surface area contributed by atoms with Crippen molar-refractivity contribution in [2.45, 2.75) is 45.4 Å². The molecule has 1 aliphatic rings. The van der Waals surface area contributed by atoms with Gasteiger partial charge >= 0.3 is 5.97 Å². The van der Waals surface area contributed by atoms with Crippen molar-refractivity contribution < 1.29 is 19.1 Å². The van der Waals surface area contributed by atoms with Crippen LogP contribution in [-0.2, 0) is 19.1 Å². The minimum atomic E-state index is -0.555. The molecule has 0 radical (unpaired) electrons. The third kappa shape index (κ3) is 6.21. The number of rotatable bonds is 6. The van der Waals surface area contributed by atoms with Gasteiger partial charge in [-0.15, -0.1) is 0 Å². The molecule has 1 heterocycles. The minimum Gasteiger partial charge on any atom is -0.454 e. The highest BCUT2D eigenvalue weighted by molar-refractivity contribution is 5.93. The molecular weight excluding hydrogens is 320 g/mol. The first-order valence-corrected chi connectivity index (χ1v) is 8.79. The predicted octanol–water partition coefficient (Wildman–Crippen LogP) is 2.69. The summed E-state index contributed by atoms with van der Waals surface area (Å²) in [5, 5.41) is 2.69. The molecule has 1 aromatic carbocycles. The summed E-state index contributed by atoms with van der Waals surface area (Å²) in [7, 11) is 0. The highest BCUT2D eigenvalue weighted by Gasteiger charge is 2.20. The Hall–Kier alpha value is -2.37. The summed E-state index contributed by atoms with van der Waals surface area (Å²) in [5.74, 6) is -0.551. The van der Waals surface area contributed by atoms with Crippen LogP contribution in [0.4, 0.5) is 5.69 Å². The lowest BCUT2D eigenvalue weighted by Crippen LogP contribution is -2.36. The van der Waals surface area contributed by atoms with E-state index >= 15 is 0 Å². The maximum absolute atomic E-state index is 11.9. The number of ether oxygens (including phenoxy) is 1. The normalized spacial score (nSPS) is 15.0. The first kappa shape index (κ1) is 19.0. The molecule has 6 nitrogen and oxygen atoms in total. The van der Waals surface area contributed by atoms with Crippen molar-refractivity contribution >= 4 is 23.5 Å². The van der Waals surface area contributed by atoms with Gasteiger partial charge < -0.3 is 15.0 Å². The number of hydrogen-bond acceptors (Lipinski definition) is 4. The number of nitrogens with zero attached hydrogens (tertiary/aromatic N) is 1. The number of carbonyl (C=O) groups is 3. The molecule has 1 N–H and O–H groups in total. The Morgan fingerprint density at radius 1 is 1.16 bits per heavy atom. The molecule has 25 heavy (non-hydrogen) atoms. The van der Waals surface area contributed by atoms with Crippen molar-refractivity contribution in [3.05, 3.63) is 29.8 Å². The van der Waals surface area contributed by atoms with E-state index in [-0.39, 0.29) is 19.1 Å². The summed E-state index contributed by atoms with van der Waals surface area (Å²) in [4.78, 5) is 37.1. The topological polar surface area (TPSA) is 75.7 Å². The average Bonchev–Trinajstić information content (AvgIpc) is 2.78. The van der Waals surface area contributed by atoms with E-state index in [4.69, 9.17) is 4.74 Å². The van der Waals surface area contributed by atoms with Gasteiger partial charge in [0, 0.05) is 18.7 Å². The molecule has 1 aromatic rings. The Bertz CT molecular complexity index is 610. The summed E-state index contributed by atoms with van der Waals surface area (Å²) in [6.45, 7) is 4.33. The lowest BCUT2D eigenvalue weighted by Gasteiger charge is -2.19. The van der Waals surface area contributed by atoms with Crippen LogP contribution >= 0.6 is 0 Å². The van der Waals surface area contributed by atoms with E-state index in [2.05, 4.69) is 19.2 Å². The Morgan fingerprint density at radius 3 is 2.56 bits per heavy atom. The number of carbonyl (C=O) groups excluding carboxylic acids is 3. The standard InChI is InChI=1S/C19H26N2O4/c1-14(2)15-7-9-16(10-8-15)20-17(22)13-25-19(24)12-21-11-5-3-4-6-18(21)23/h7-10,14H,3-6,11-13H2,1-2H3,(H,20,22). The lowest BCUT2D eigenvalue weighted by molar-refractivity contribution is -0.151. The van der Waals surface area contributed by atoms with E-state index in [1.165, 1.54) is 10.5 Å². The van der Waals surface area contributed by atoms with Gasteiger partial charge in [0.15, 0.2) is 6.61 Å². The van der Waals surface area contributed by atoms with E-state index in [1.54, 1.807) is 0 Å². The lowest BCUT2D eigenvalue weighted by atomic mass is 10.0. The van der Waals surface area contributed by atoms with Crippen molar-refractivity contribution in [3.63, 3.8) is 0 Å². The minimum absolute atomic E-state index is 0.0239. The van der Waals surface area contributed by atoms with Gasteiger partial charge in [0.1, 0.15) is 6.54 Å². The molecule has 1 aliphatic heterocycles. The van der Waals surface area contributed by atoms with Crippen LogP contribution < -0.4 is 5.32 Å². The van der Waals surface area contributed by atoms with Crippen molar-refractivity contribution in [1.82, 2.24) is 4.90 Å². The van der Waals surface area contributed by atoms with Crippen LogP contribution in [0.2, 0.25) is 0 Å². The molecule has 0 bridgehead atoms. The van der Waals surface area contributed by atoms with E-state index < -0.39 is 11.9 Å². The molecule has 0 aliphatic carbocycles. The number of anilines is 1. The summed E-state index contributed by atoms with van der Waals surface area (Å²) >= 11 is 0. The fraction of sp³-hybridized carbons (Fsp3) is 0.526. The second-order valence-corrected chi connectivity index (χ2v) is 6.61. The van der Waals surface area contributed by atoms with Crippen LogP contribution in [0.25, 0.3) is 0 Å². The number of amides is 2. The molecule has 0 saturated carbocycles. The molecule has 0 atom stereocenters. The highest BCUT2D eigenvalue weighted by Crippen LogP contribution is 2.17. The molecule has 0 unspecified atom stereocenters. The van der Waals surface area contributed by atoms with Crippen LogP contribution in [-0.4, -0.2) is 42.4 Å². The molecule has 136 valence electrons. The first-order chi connectivity index (χ1) is 12.0. The predicted molar refractivity (Wildman–Crippen MR) is 95.2 cm³/mol. The van der Waals surface area contributed by atoms with Gasteiger partial charge in [-0.1, -0.05) is 32.4 Å². The van der Waals surface area contributed by atoms with Gasteiger partial charge in [0.2, 0.25) is 5.91 Å². The molecule has 6 heteroatoms. The zero-order valence-electron chi connectivity index (χ0n) is 14.9. The Kier molecular flexibility index (Phi) is 6.98. The maximum atomic E-state index is 11.9. The van der Waals surface area contributed by atoms with Gasteiger partial charge in [-0.05, 0) is 36.5 Å². The van der Waals surface area contributed by atoms with Crippen LogP contribution in [0, 0.1) is 0 Å². The van der Waals surface area contributed by atoms with E-state index in [0.29, 0.717) is 24.6 Å². The number of nitrogens with one attached hydrogen (secondary N) is 1. The molecule has 1 saturated heterocycles. The second-order valence-electron chi connectivity index (χ2n) is 6.61. The average molecular weight is 346 g/mol. The van der Waals surface area contributed by atoms with Gasteiger partial charge in [0.05, 0.1) is 0 Å². The summed E-state index contributed by atoms with van der Waals surface area (Å²) in [6, 6.07) is 7.56. The van der Waals surface area contributed by atoms with Crippen LogP contribution in [0.3, 0.4) is 0 Å². The Labute approximate surface area is 148 Å². The van der Waals surface area contributed by atoms with Gasteiger partial charge in [0.25, 0.3) is 5.91 Å². The van der Waals surface area contributed by atoms with Gasteiger partial charge in [-0.25, -0.2) is 0 Å². The quantitative estimate of drug-likeness (QED) is 0.804. The largest absolute Gasteiger partial charge is 0.454 e. The number of likely N-dealkylation sites (tertiary alicyclic amines) is 1. The smallest absolute Gasteiger partial charge is 0.326 e. The fourth-order valence-corrected chi connectivity index (χ4v) is 2.70. The summed E-state index contributed by atoms with van der Waals surface area (Å²) in [6.07, 6.45) is 3.23. The van der Waals surface area contributed by atoms with Crippen molar-refractivity contribution in [2.75, 3.05) is 25.0 Å². The van der Waals surface area contributed by atoms with Crippen molar-refractivity contribution in [2.24, 2.45) is 0 Å². The molecule has 1 fully saturated rings. The van der Waals surface area contributed by atoms with Crippen LogP contribution in [0.15, 0.2) is 24.3 Å². The fourth-order valence-electron chi connectivity index (χ4n) is 2.70. The monoisotopic (exact) mass is 346 g/mol. The molecular formula is C19H26N2O4. The Morgan fingerprint density at radius 2 is 1.88 bits per heavy atom. The van der Waals surface area contributed by atoms with E-state index in [9.17, 15) is 14.4 Å². The highest BCUT2D eigenvalue weighted by atomic mass is 16.5. The maximum Gasteiger partial charge on any atom is 0.326 e. The third-order valence-electron chi connectivity index (χ3n) is 4.22. The number of esters is 1. The van der Waals surface area contributed by atoms with Crippen LogP contribution in [0.5, 0.6) is 0 Å². The molecule has 0 aromatic heterocycles. The Balaban J connectivity index is 1.75. The van der Waals surface area contributed by atoms with Crippen molar-refractivity contribution in [1.29, 1.82) is 0 Å². The van der Waals surface area contributed by atoms with E-state index in [1.807, 2.05) is 24.3 Å². The third-order valence-corrected chi connectivity index (χ3v) is 4.22. The van der Waals surface area contributed by atoms with E-state index in [0.717, 1.165) is 19.3 Å². The zero-order chi connectivity index (χ0) is 18.2. The number of benzene rings is 1. The van der Waals surface area contributed by atoms with Crippen molar-refractivity contribution in [3.8, 4) is 0 Å². The molecule has 2 rings (SSSR count). The van der Waals surface area contributed by atoms with Crippen LogP contribution in [0.1, 0.15) is 51.0 Å². The SMILES string of the molecule is CC(C)c1ccc(NC(=O)COC(=O)CN2CCCCCC2=O)cc1. The summed E-state index contributed by atoms with van der Waals surface area (Å²) in [5.41, 5.74) is 1.85. The summed E-state index contributed by atoms with van der Waals surface area (Å²) < 4.78 is 4.99. The molecule has 0 spiro atoms. The number of hydrogen-bond donors (Lipinski definition) is 1. The van der Waals surface area contributed by atoms with Gasteiger partial charge in [-0.3, -0.25) is 14.4 Å². The zero-order valence-corrected chi connectivity index (χ0v) is 14.9. The van der Waals surface area contributed by atoms with Gasteiger partial charge in [-0.2, -0.15) is 0 Å². The first-order valence-electron chi connectivity index (χ1n) is 8.79. The molecule has 2 amide bonds. The second kappa shape index (κ2) is 9.20.